The minimum absolute atomic E-state index is 0.289. The Labute approximate surface area is 107 Å². The Hall–Kier alpha value is -1.52. The summed E-state index contributed by atoms with van der Waals surface area (Å²) in [4.78, 5) is 5.70. The monoisotopic (exact) mass is 259 g/mol. The van der Waals surface area contributed by atoms with Crippen LogP contribution in [0.15, 0.2) is 57.8 Å². The summed E-state index contributed by atoms with van der Waals surface area (Å²) in [5.41, 5.74) is 0.936. The van der Waals surface area contributed by atoms with Gasteiger partial charge in [-0.25, -0.2) is 4.98 Å². The van der Waals surface area contributed by atoms with Crippen molar-refractivity contribution in [2.75, 3.05) is 0 Å². The van der Waals surface area contributed by atoms with Gasteiger partial charge in [-0.2, -0.15) is 0 Å². The number of thiazole rings is 1. The van der Waals surface area contributed by atoms with Gasteiger partial charge in [0.25, 0.3) is 0 Å². The molecule has 0 atom stereocenters. The van der Waals surface area contributed by atoms with Gasteiger partial charge in [0.1, 0.15) is 5.75 Å². The van der Waals surface area contributed by atoms with Crippen molar-refractivity contribution >= 4 is 33.3 Å². The standard InChI is InChI=1S/C13H9NOS2/c15-9-6-7-11-12(8-9)17-13(14-11)16-10-4-2-1-3-5-10/h1-8,15H. The molecule has 0 unspecified atom stereocenters. The SMILES string of the molecule is Oc1ccc2nc(Sc3ccccc3)sc2c1. The molecule has 0 radical (unpaired) electrons. The van der Waals surface area contributed by atoms with Crippen LogP contribution in [0.1, 0.15) is 0 Å². The summed E-state index contributed by atoms with van der Waals surface area (Å²) >= 11 is 3.24. The Bertz CT molecular complexity index is 649. The van der Waals surface area contributed by atoms with Crippen LogP contribution < -0.4 is 0 Å². The van der Waals surface area contributed by atoms with Crippen LogP contribution in [-0.2, 0) is 0 Å². The number of benzene rings is 2. The molecule has 0 saturated carbocycles. The third-order valence-corrected chi connectivity index (χ3v) is 4.39. The first-order valence-electron chi connectivity index (χ1n) is 5.14. The van der Waals surface area contributed by atoms with Gasteiger partial charge in [-0.05, 0) is 30.3 Å². The van der Waals surface area contributed by atoms with Crippen molar-refractivity contribution in [3.63, 3.8) is 0 Å². The molecule has 0 bridgehead atoms. The largest absolute Gasteiger partial charge is 0.508 e. The third-order valence-electron chi connectivity index (χ3n) is 2.30. The molecule has 0 saturated heterocycles. The van der Waals surface area contributed by atoms with Gasteiger partial charge >= 0.3 is 0 Å². The lowest BCUT2D eigenvalue weighted by molar-refractivity contribution is 0.476. The third kappa shape index (κ3) is 2.28. The van der Waals surface area contributed by atoms with Crippen LogP contribution in [0.4, 0.5) is 0 Å². The molecule has 1 heterocycles. The number of rotatable bonds is 2. The number of hydrogen-bond acceptors (Lipinski definition) is 4. The lowest BCUT2D eigenvalue weighted by atomic mass is 10.3. The molecule has 1 aromatic heterocycles. The zero-order chi connectivity index (χ0) is 11.7. The summed E-state index contributed by atoms with van der Waals surface area (Å²) in [5.74, 6) is 0.289. The lowest BCUT2D eigenvalue weighted by Crippen LogP contribution is -1.70. The smallest absolute Gasteiger partial charge is 0.155 e. The van der Waals surface area contributed by atoms with Gasteiger partial charge in [-0.15, -0.1) is 11.3 Å². The molecule has 17 heavy (non-hydrogen) atoms. The molecular formula is C13H9NOS2. The van der Waals surface area contributed by atoms with Gasteiger partial charge in [0, 0.05) is 4.90 Å². The van der Waals surface area contributed by atoms with E-state index in [4.69, 9.17) is 0 Å². The Kier molecular flexibility index (Phi) is 2.74. The normalized spacial score (nSPS) is 10.8. The van der Waals surface area contributed by atoms with Crippen molar-refractivity contribution in [1.82, 2.24) is 4.98 Å². The zero-order valence-corrected chi connectivity index (χ0v) is 10.5. The van der Waals surface area contributed by atoms with E-state index in [1.165, 1.54) is 4.90 Å². The Morgan fingerprint density at radius 2 is 1.88 bits per heavy atom. The van der Waals surface area contributed by atoms with E-state index in [-0.39, 0.29) is 5.75 Å². The summed E-state index contributed by atoms with van der Waals surface area (Å²) in [6, 6.07) is 15.4. The Morgan fingerprint density at radius 3 is 2.71 bits per heavy atom. The second kappa shape index (κ2) is 4.39. The maximum absolute atomic E-state index is 9.40. The average molecular weight is 259 g/mol. The number of fused-ring (bicyclic) bond motifs is 1. The van der Waals surface area contributed by atoms with E-state index in [9.17, 15) is 5.11 Å². The number of aromatic hydroxyl groups is 1. The molecule has 1 N–H and O–H groups in total. The molecular weight excluding hydrogens is 250 g/mol. The van der Waals surface area contributed by atoms with Gasteiger partial charge in [-0.1, -0.05) is 30.0 Å². The molecule has 0 amide bonds. The number of phenolic OH excluding ortho intramolecular Hbond substituents is 1. The summed E-state index contributed by atoms with van der Waals surface area (Å²) in [6.07, 6.45) is 0. The van der Waals surface area contributed by atoms with E-state index >= 15 is 0 Å². The van der Waals surface area contributed by atoms with E-state index in [2.05, 4.69) is 17.1 Å². The maximum atomic E-state index is 9.40. The second-order valence-corrected chi connectivity index (χ2v) is 5.90. The van der Waals surface area contributed by atoms with Crippen molar-refractivity contribution in [2.24, 2.45) is 0 Å². The number of hydrogen-bond donors (Lipinski definition) is 1. The van der Waals surface area contributed by atoms with E-state index < -0.39 is 0 Å². The quantitative estimate of drug-likeness (QED) is 0.750. The Morgan fingerprint density at radius 1 is 1.06 bits per heavy atom. The topological polar surface area (TPSA) is 33.1 Å². The minimum Gasteiger partial charge on any atom is -0.508 e. The van der Waals surface area contributed by atoms with Crippen molar-refractivity contribution in [1.29, 1.82) is 0 Å². The van der Waals surface area contributed by atoms with Crippen LogP contribution in [0.5, 0.6) is 5.75 Å². The molecule has 0 aliphatic rings. The van der Waals surface area contributed by atoms with E-state index in [1.807, 2.05) is 24.3 Å². The molecule has 0 aliphatic carbocycles. The molecule has 0 spiro atoms. The predicted octanol–water partition coefficient (Wildman–Crippen LogP) is 4.15. The van der Waals surface area contributed by atoms with Crippen LogP contribution in [-0.4, -0.2) is 10.1 Å². The van der Waals surface area contributed by atoms with Crippen LogP contribution in [0.25, 0.3) is 10.2 Å². The van der Waals surface area contributed by atoms with Gasteiger partial charge in [0.15, 0.2) is 4.34 Å². The summed E-state index contributed by atoms with van der Waals surface area (Å²) < 4.78 is 2.01. The molecule has 2 nitrogen and oxygen atoms in total. The molecule has 3 aromatic rings. The fourth-order valence-corrected chi connectivity index (χ4v) is 3.62. The molecule has 0 fully saturated rings. The number of nitrogens with zero attached hydrogens (tertiary/aromatic N) is 1. The van der Waals surface area contributed by atoms with Crippen LogP contribution in [0.3, 0.4) is 0 Å². The number of phenols is 1. The fourth-order valence-electron chi connectivity index (χ4n) is 1.53. The first-order valence-corrected chi connectivity index (χ1v) is 6.77. The minimum atomic E-state index is 0.289. The first kappa shape index (κ1) is 10.6. The van der Waals surface area contributed by atoms with E-state index in [0.717, 1.165) is 14.6 Å². The first-order chi connectivity index (χ1) is 8.31. The van der Waals surface area contributed by atoms with Gasteiger partial charge in [0.2, 0.25) is 0 Å². The summed E-state index contributed by atoms with van der Waals surface area (Å²) in [7, 11) is 0. The van der Waals surface area contributed by atoms with Crippen LogP contribution in [0.2, 0.25) is 0 Å². The zero-order valence-electron chi connectivity index (χ0n) is 8.83. The van der Waals surface area contributed by atoms with Crippen molar-refractivity contribution in [2.45, 2.75) is 9.24 Å². The molecule has 2 aromatic carbocycles. The van der Waals surface area contributed by atoms with Crippen molar-refractivity contribution < 1.29 is 5.11 Å². The molecule has 4 heteroatoms. The van der Waals surface area contributed by atoms with Crippen molar-refractivity contribution in [3.05, 3.63) is 48.5 Å². The summed E-state index contributed by atoms with van der Waals surface area (Å²) in [5, 5.41) is 9.40. The molecule has 3 rings (SSSR count). The van der Waals surface area contributed by atoms with Crippen LogP contribution >= 0.6 is 23.1 Å². The fraction of sp³-hybridized carbons (Fsp3) is 0. The molecule has 0 aliphatic heterocycles. The van der Waals surface area contributed by atoms with Gasteiger partial charge in [0.05, 0.1) is 10.2 Å². The highest BCUT2D eigenvalue weighted by molar-refractivity contribution is 8.01. The second-order valence-electron chi connectivity index (χ2n) is 3.55. The van der Waals surface area contributed by atoms with Gasteiger partial charge in [-0.3, -0.25) is 0 Å². The summed E-state index contributed by atoms with van der Waals surface area (Å²) in [6.45, 7) is 0. The van der Waals surface area contributed by atoms with Crippen molar-refractivity contribution in [3.8, 4) is 5.75 Å². The average Bonchev–Trinajstić information content (AvgIpc) is 2.71. The van der Waals surface area contributed by atoms with Crippen LogP contribution in [0, 0.1) is 0 Å². The maximum Gasteiger partial charge on any atom is 0.155 e. The van der Waals surface area contributed by atoms with E-state index in [1.54, 1.807) is 35.2 Å². The number of aromatic nitrogens is 1. The molecule has 84 valence electrons. The lowest BCUT2D eigenvalue weighted by Gasteiger charge is -1.94. The highest BCUT2D eigenvalue weighted by Crippen LogP contribution is 2.35. The van der Waals surface area contributed by atoms with Gasteiger partial charge < -0.3 is 5.11 Å². The Balaban J connectivity index is 1.96. The highest BCUT2D eigenvalue weighted by Gasteiger charge is 2.05. The van der Waals surface area contributed by atoms with E-state index in [0.29, 0.717) is 0 Å². The predicted molar refractivity (Wildman–Crippen MR) is 71.8 cm³/mol. The highest BCUT2D eigenvalue weighted by atomic mass is 32.2.